The first-order valence-electron chi connectivity index (χ1n) is 4.08. The second-order valence-electron chi connectivity index (χ2n) is 2.88. The molecule has 1 aliphatic heterocycles. The monoisotopic (exact) mass is 344 g/mol. The smallest absolute Gasteiger partial charge is 0.407 e. The molecule has 21 heavy (non-hydrogen) atoms. The van der Waals surface area contributed by atoms with Crippen LogP contribution < -0.4 is 0 Å². The molecule has 0 aromatic heterocycles. The zero-order valence-electron chi connectivity index (χ0n) is 8.85. The summed E-state index contributed by atoms with van der Waals surface area (Å²) < 4.78 is 142. The SMILES string of the molecule is FC(F)=C(F)F.FC(F)=C1OC(F)(F)C(F)(C(F)(F)F)O1. The Hall–Kier alpha value is -1.76. The van der Waals surface area contributed by atoms with Crippen LogP contribution >= 0.6 is 0 Å². The van der Waals surface area contributed by atoms with Crippen molar-refractivity contribution in [3.05, 3.63) is 24.2 Å². The minimum Gasteiger partial charge on any atom is -0.407 e. The molecule has 0 amide bonds. The highest BCUT2D eigenvalue weighted by molar-refractivity contribution is 5.01. The van der Waals surface area contributed by atoms with E-state index in [1.54, 1.807) is 0 Å². The molecule has 14 heteroatoms. The van der Waals surface area contributed by atoms with Crippen LogP contribution in [-0.2, 0) is 9.47 Å². The Kier molecular flexibility index (Phi) is 5.43. The molecule has 1 rings (SSSR count). The quantitative estimate of drug-likeness (QED) is 0.582. The molecular formula is C7F12O2. The van der Waals surface area contributed by atoms with Crippen molar-refractivity contribution in [1.82, 2.24) is 0 Å². The van der Waals surface area contributed by atoms with E-state index in [0.717, 1.165) is 0 Å². The third kappa shape index (κ3) is 4.10. The van der Waals surface area contributed by atoms with Crippen LogP contribution in [0.2, 0.25) is 0 Å². The lowest BCUT2D eigenvalue weighted by Gasteiger charge is -2.23. The maximum absolute atomic E-state index is 12.6. The van der Waals surface area contributed by atoms with Gasteiger partial charge in [-0.15, -0.1) is 0 Å². The maximum Gasteiger partial charge on any atom is 0.483 e. The lowest BCUT2D eigenvalue weighted by atomic mass is 10.3. The van der Waals surface area contributed by atoms with Gasteiger partial charge in [-0.1, -0.05) is 0 Å². The van der Waals surface area contributed by atoms with Gasteiger partial charge in [0.2, 0.25) is 0 Å². The van der Waals surface area contributed by atoms with Gasteiger partial charge in [0, 0.05) is 0 Å². The minimum atomic E-state index is -6.21. The van der Waals surface area contributed by atoms with Crippen LogP contribution in [0.1, 0.15) is 0 Å². The van der Waals surface area contributed by atoms with Crippen molar-refractivity contribution < 1.29 is 62.2 Å². The fraction of sp³-hybridized carbons (Fsp3) is 0.429. The largest absolute Gasteiger partial charge is 0.483 e. The van der Waals surface area contributed by atoms with Crippen molar-refractivity contribution in [2.75, 3.05) is 0 Å². The van der Waals surface area contributed by atoms with Gasteiger partial charge in [0.25, 0.3) is 0 Å². The summed E-state index contributed by atoms with van der Waals surface area (Å²) in [4.78, 5) is 0. The van der Waals surface area contributed by atoms with Crippen LogP contribution in [0.15, 0.2) is 24.2 Å². The second-order valence-corrected chi connectivity index (χ2v) is 2.88. The van der Waals surface area contributed by atoms with Crippen LogP contribution in [0.3, 0.4) is 0 Å². The molecule has 1 unspecified atom stereocenters. The van der Waals surface area contributed by atoms with E-state index in [-0.39, 0.29) is 0 Å². The van der Waals surface area contributed by atoms with Gasteiger partial charge in [0.15, 0.2) is 0 Å². The van der Waals surface area contributed by atoms with Crippen molar-refractivity contribution in [2.45, 2.75) is 18.1 Å². The Morgan fingerprint density at radius 2 is 1.14 bits per heavy atom. The van der Waals surface area contributed by atoms with Crippen LogP contribution in [0.25, 0.3) is 0 Å². The van der Waals surface area contributed by atoms with Crippen LogP contribution in [0.4, 0.5) is 52.7 Å². The molecule has 1 heterocycles. The zero-order valence-corrected chi connectivity index (χ0v) is 8.85. The first-order valence-corrected chi connectivity index (χ1v) is 4.08. The van der Waals surface area contributed by atoms with Crippen molar-refractivity contribution in [2.24, 2.45) is 0 Å². The first kappa shape index (κ1) is 19.2. The molecule has 0 spiro atoms. The summed E-state index contributed by atoms with van der Waals surface area (Å²) in [5.74, 6) is -8.10. The van der Waals surface area contributed by atoms with Crippen molar-refractivity contribution >= 4 is 0 Å². The summed E-state index contributed by atoms with van der Waals surface area (Å²) in [7, 11) is 0. The average Bonchev–Trinajstić information content (AvgIpc) is 2.51. The Balaban J connectivity index is 0.000000567. The fourth-order valence-corrected chi connectivity index (χ4v) is 0.690. The van der Waals surface area contributed by atoms with E-state index in [9.17, 15) is 52.7 Å². The summed E-state index contributed by atoms with van der Waals surface area (Å²) in [5, 5.41) is 0. The highest BCUT2D eigenvalue weighted by Crippen LogP contribution is 2.53. The van der Waals surface area contributed by atoms with E-state index in [1.165, 1.54) is 0 Å². The second kappa shape index (κ2) is 5.93. The average molecular weight is 344 g/mol. The molecule has 1 aliphatic rings. The minimum absolute atomic E-state index is 2.49. The molecule has 0 aliphatic carbocycles. The Morgan fingerprint density at radius 1 is 0.762 bits per heavy atom. The molecule has 0 radical (unpaired) electrons. The normalized spacial score (nSPS) is 23.5. The molecule has 0 aromatic carbocycles. The van der Waals surface area contributed by atoms with Gasteiger partial charge >= 0.3 is 42.3 Å². The summed E-state index contributed by atoms with van der Waals surface area (Å²) in [6, 6.07) is 0. The molecule has 2 nitrogen and oxygen atoms in total. The van der Waals surface area contributed by atoms with Gasteiger partial charge in [0.05, 0.1) is 0 Å². The Morgan fingerprint density at radius 3 is 1.29 bits per heavy atom. The van der Waals surface area contributed by atoms with E-state index in [1.807, 2.05) is 0 Å². The predicted molar refractivity (Wildman–Crippen MR) is 37.7 cm³/mol. The summed E-state index contributed by atoms with van der Waals surface area (Å²) in [6.07, 6.45) is -20.7. The number of hydrogen-bond acceptors (Lipinski definition) is 2. The maximum atomic E-state index is 12.6. The number of alkyl halides is 6. The molecule has 1 saturated heterocycles. The van der Waals surface area contributed by atoms with Crippen molar-refractivity contribution in [3.8, 4) is 0 Å². The Labute approximate surface area is 106 Å². The van der Waals surface area contributed by atoms with Gasteiger partial charge in [-0.05, 0) is 0 Å². The molecule has 0 aromatic rings. The van der Waals surface area contributed by atoms with Crippen LogP contribution in [-0.4, -0.2) is 18.1 Å². The predicted octanol–water partition coefficient (Wildman–Crippen LogP) is 4.91. The molecule has 0 saturated carbocycles. The van der Waals surface area contributed by atoms with Crippen LogP contribution in [0.5, 0.6) is 0 Å². The van der Waals surface area contributed by atoms with Gasteiger partial charge in [0.1, 0.15) is 0 Å². The Bertz CT molecular complexity index is 429. The van der Waals surface area contributed by atoms with Crippen LogP contribution in [0, 0.1) is 0 Å². The number of halogens is 12. The molecule has 0 N–H and O–H groups in total. The summed E-state index contributed by atoms with van der Waals surface area (Å²) in [6.45, 7) is 0. The molecule has 0 bridgehead atoms. The highest BCUT2D eigenvalue weighted by Gasteiger charge is 2.81. The third-order valence-electron chi connectivity index (χ3n) is 1.49. The molecule has 124 valence electrons. The third-order valence-corrected chi connectivity index (χ3v) is 1.49. The first-order chi connectivity index (χ1) is 9.15. The number of rotatable bonds is 0. The fourth-order valence-electron chi connectivity index (χ4n) is 0.690. The standard InChI is InChI=1S/C5F8O2.C2F4/c6-1(7)2-14-3(8,4(9,10)11)5(12,13)15-2;3-1(4)2(5)6. The number of hydrogen-bond donors (Lipinski definition) is 0. The lowest BCUT2D eigenvalue weighted by molar-refractivity contribution is -0.393. The molecular weight excluding hydrogens is 344 g/mol. The van der Waals surface area contributed by atoms with E-state index in [4.69, 9.17) is 0 Å². The molecule has 1 fully saturated rings. The van der Waals surface area contributed by atoms with Gasteiger partial charge in [-0.25, -0.2) is 0 Å². The lowest BCUT2D eigenvalue weighted by Crippen LogP contribution is -2.53. The van der Waals surface area contributed by atoms with E-state index in [2.05, 4.69) is 9.47 Å². The number of ether oxygens (including phenoxy) is 2. The summed E-state index contributed by atoms with van der Waals surface area (Å²) in [5.41, 5.74) is 0. The van der Waals surface area contributed by atoms with E-state index >= 15 is 0 Å². The topological polar surface area (TPSA) is 18.5 Å². The van der Waals surface area contributed by atoms with Crippen molar-refractivity contribution in [3.63, 3.8) is 0 Å². The van der Waals surface area contributed by atoms with E-state index < -0.39 is 42.3 Å². The zero-order chi connectivity index (χ0) is 17.2. The summed E-state index contributed by atoms with van der Waals surface area (Å²) >= 11 is 0. The molecule has 1 atom stereocenters. The van der Waals surface area contributed by atoms with Gasteiger partial charge < -0.3 is 9.47 Å². The van der Waals surface area contributed by atoms with E-state index in [0.29, 0.717) is 0 Å². The van der Waals surface area contributed by atoms with Gasteiger partial charge in [-0.2, -0.15) is 52.7 Å². The van der Waals surface area contributed by atoms with Crippen molar-refractivity contribution in [1.29, 1.82) is 0 Å². The van der Waals surface area contributed by atoms with Gasteiger partial charge in [-0.3, -0.25) is 0 Å². The highest BCUT2D eigenvalue weighted by atomic mass is 19.4.